The monoisotopic (exact) mass is 496 g/mol. The van der Waals surface area contributed by atoms with Crippen LogP contribution in [0, 0.1) is 0 Å². The van der Waals surface area contributed by atoms with Crippen LogP contribution < -0.4 is 14.8 Å². The van der Waals surface area contributed by atoms with E-state index in [-0.39, 0.29) is 30.4 Å². The first-order valence-corrected chi connectivity index (χ1v) is 11.8. The summed E-state index contributed by atoms with van der Waals surface area (Å²) >= 11 is 1.32. The number of amides is 3. The number of nitrogens with one attached hydrogen (secondary N) is 1. The van der Waals surface area contributed by atoms with Crippen LogP contribution >= 0.6 is 11.3 Å². The Kier molecular flexibility index (Phi) is 8.43. The molecule has 3 rings (SSSR count). The van der Waals surface area contributed by atoms with Crippen molar-refractivity contribution in [1.82, 2.24) is 14.8 Å². The number of thiazole rings is 1. The van der Waals surface area contributed by atoms with Gasteiger partial charge >= 0.3 is 0 Å². The van der Waals surface area contributed by atoms with Crippen molar-refractivity contribution in [1.29, 1.82) is 0 Å². The molecule has 2 aromatic carbocycles. The summed E-state index contributed by atoms with van der Waals surface area (Å²) in [6.07, 6.45) is 1.51. The number of hydrogen-bond donors (Lipinski definition) is 1. The molecule has 1 N–H and O–H groups in total. The van der Waals surface area contributed by atoms with Crippen LogP contribution in [-0.4, -0.2) is 66.3 Å². The maximum absolute atomic E-state index is 12.7. The molecule has 0 aliphatic rings. The first-order valence-electron chi connectivity index (χ1n) is 10.9. The molecule has 184 valence electrons. The lowest BCUT2D eigenvalue weighted by molar-refractivity contribution is -0.129. The van der Waals surface area contributed by atoms with Crippen LogP contribution in [-0.2, 0) is 4.79 Å². The Bertz CT molecular complexity index is 1180. The summed E-state index contributed by atoms with van der Waals surface area (Å²) in [4.78, 5) is 44.1. The van der Waals surface area contributed by atoms with Crippen molar-refractivity contribution in [3.05, 3.63) is 65.2 Å². The standard InChI is InChI=1S/C25H28N4O5S/c1-16(2)33-20-12-18(23(31)27-25-26-10-11-35-25)13-21(14-20)34-19-8-6-17(7-9-19)24(32)29(5)15-22(30)28(3)4/h6-14,16H,15H2,1-5H3,(H,26,27,31). The van der Waals surface area contributed by atoms with Gasteiger partial charge in [-0.05, 0) is 50.2 Å². The summed E-state index contributed by atoms with van der Waals surface area (Å²) in [5, 5.41) is 5.01. The fraction of sp³-hybridized carbons (Fsp3) is 0.280. The number of ether oxygens (including phenoxy) is 2. The predicted octanol–water partition coefficient (Wildman–Crippen LogP) is 4.14. The minimum atomic E-state index is -0.338. The second-order valence-electron chi connectivity index (χ2n) is 8.23. The largest absolute Gasteiger partial charge is 0.491 e. The van der Waals surface area contributed by atoms with E-state index in [9.17, 15) is 14.4 Å². The molecule has 0 atom stereocenters. The van der Waals surface area contributed by atoms with E-state index in [0.29, 0.717) is 33.5 Å². The zero-order valence-electron chi connectivity index (χ0n) is 20.3. The summed E-state index contributed by atoms with van der Waals surface area (Å²) in [6.45, 7) is 3.77. The molecule has 3 amide bonds. The topological polar surface area (TPSA) is 101 Å². The molecule has 0 spiro atoms. The highest BCUT2D eigenvalue weighted by molar-refractivity contribution is 7.13. The third kappa shape index (κ3) is 7.28. The SMILES string of the molecule is CC(C)Oc1cc(Oc2ccc(C(=O)N(C)CC(=O)N(C)C)cc2)cc(C(=O)Nc2nccs2)c1. The van der Waals surface area contributed by atoms with Gasteiger partial charge in [-0.25, -0.2) is 4.98 Å². The number of likely N-dealkylation sites (N-methyl/N-ethyl adjacent to an activating group) is 2. The number of rotatable bonds is 9. The van der Waals surface area contributed by atoms with E-state index < -0.39 is 0 Å². The fourth-order valence-corrected chi connectivity index (χ4v) is 3.52. The van der Waals surface area contributed by atoms with Gasteiger partial charge in [-0.2, -0.15) is 0 Å². The number of anilines is 1. The van der Waals surface area contributed by atoms with E-state index >= 15 is 0 Å². The molecule has 0 aliphatic heterocycles. The summed E-state index contributed by atoms with van der Waals surface area (Å²) < 4.78 is 11.7. The maximum atomic E-state index is 12.7. The molecule has 0 unspecified atom stereocenters. The Morgan fingerprint density at radius 1 is 0.971 bits per heavy atom. The summed E-state index contributed by atoms with van der Waals surface area (Å²) in [5.41, 5.74) is 0.777. The van der Waals surface area contributed by atoms with Crippen molar-refractivity contribution >= 4 is 34.2 Å². The molecule has 35 heavy (non-hydrogen) atoms. The van der Waals surface area contributed by atoms with Gasteiger partial charge in [-0.15, -0.1) is 11.3 Å². The summed E-state index contributed by atoms with van der Waals surface area (Å²) in [6, 6.07) is 11.5. The Hall–Kier alpha value is -3.92. The normalized spacial score (nSPS) is 10.6. The highest BCUT2D eigenvalue weighted by Gasteiger charge is 2.17. The number of carbonyl (C=O) groups is 3. The highest BCUT2D eigenvalue weighted by Crippen LogP contribution is 2.29. The quantitative estimate of drug-likeness (QED) is 0.478. The number of carbonyl (C=O) groups excluding carboxylic acids is 3. The Balaban J connectivity index is 1.76. The maximum Gasteiger partial charge on any atom is 0.257 e. The van der Waals surface area contributed by atoms with Crippen LogP contribution in [0.1, 0.15) is 34.6 Å². The zero-order valence-corrected chi connectivity index (χ0v) is 21.1. The summed E-state index contributed by atoms with van der Waals surface area (Å²) in [5.74, 6) is 0.581. The third-order valence-electron chi connectivity index (χ3n) is 4.72. The van der Waals surface area contributed by atoms with Gasteiger partial charge < -0.3 is 19.3 Å². The van der Waals surface area contributed by atoms with Gasteiger partial charge in [0, 0.05) is 49.9 Å². The number of benzene rings is 2. The lowest BCUT2D eigenvalue weighted by Gasteiger charge is -2.19. The van der Waals surface area contributed by atoms with E-state index in [1.165, 1.54) is 21.1 Å². The van der Waals surface area contributed by atoms with Gasteiger partial charge in [0.05, 0.1) is 12.6 Å². The van der Waals surface area contributed by atoms with Gasteiger partial charge in [0.15, 0.2) is 5.13 Å². The first kappa shape index (κ1) is 25.7. The average molecular weight is 497 g/mol. The molecular formula is C25H28N4O5S. The second kappa shape index (κ2) is 11.5. The van der Waals surface area contributed by atoms with E-state index in [2.05, 4.69) is 10.3 Å². The predicted molar refractivity (Wildman–Crippen MR) is 134 cm³/mol. The molecule has 0 saturated carbocycles. The minimum absolute atomic E-state index is 0.0153. The van der Waals surface area contributed by atoms with Crippen molar-refractivity contribution < 1.29 is 23.9 Å². The van der Waals surface area contributed by atoms with Gasteiger partial charge in [0.1, 0.15) is 17.2 Å². The number of nitrogens with zero attached hydrogens (tertiary/aromatic N) is 3. The van der Waals surface area contributed by atoms with Gasteiger partial charge in [0.2, 0.25) is 5.91 Å². The van der Waals surface area contributed by atoms with Gasteiger partial charge in [-0.3, -0.25) is 19.7 Å². The van der Waals surface area contributed by atoms with E-state index in [1.54, 1.807) is 75.2 Å². The molecule has 1 heterocycles. The average Bonchev–Trinajstić information content (AvgIpc) is 3.31. The van der Waals surface area contributed by atoms with E-state index in [4.69, 9.17) is 9.47 Å². The Morgan fingerprint density at radius 3 is 2.26 bits per heavy atom. The zero-order chi connectivity index (χ0) is 25.5. The third-order valence-corrected chi connectivity index (χ3v) is 5.41. The molecule has 0 radical (unpaired) electrons. The van der Waals surface area contributed by atoms with Gasteiger partial charge in [0.25, 0.3) is 11.8 Å². The van der Waals surface area contributed by atoms with Gasteiger partial charge in [-0.1, -0.05) is 0 Å². The molecule has 0 bridgehead atoms. The van der Waals surface area contributed by atoms with Crippen LogP contribution in [0.4, 0.5) is 5.13 Å². The molecule has 0 fully saturated rings. The van der Waals surface area contributed by atoms with Crippen LogP contribution in [0.3, 0.4) is 0 Å². The fourth-order valence-electron chi connectivity index (χ4n) is 2.99. The minimum Gasteiger partial charge on any atom is -0.491 e. The van der Waals surface area contributed by atoms with Crippen molar-refractivity contribution in [2.24, 2.45) is 0 Å². The molecule has 10 heteroatoms. The Labute approximate surface area is 208 Å². The molecule has 0 aliphatic carbocycles. The van der Waals surface area contributed by atoms with Crippen LogP contribution in [0.15, 0.2) is 54.0 Å². The van der Waals surface area contributed by atoms with Crippen LogP contribution in [0.2, 0.25) is 0 Å². The van der Waals surface area contributed by atoms with E-state index in [1.807, 2.05) is 13.8 Å². The smallest absolute Gasteiger partial charge is 0.257 e. The van der Waals surface area contributed by atoms with Crippen LogP contribution in [0.5, 0.6) is 17.2 Å². The highest BCUT2D eigenvalue weighted by atomic mass is 32.1. The molecule has 1 aromatic heterocycles. The summed E-state index contributed by atoms with van der Waals surface area (Å²) in [7, 11) is 4.86. The van der Waals surface area contributed by atoms with Crippen molar-refractivity contribution in [3.63, 3.8) is 0 Å². The lowest BCUT2D eigenvalue weighted by Crippen LogP contribution is -2.37. The van der Waals surface area contributed by atoms with Crippen molar-refractivity contribution in [2.75, 3.05) is 33.0 Å². The van der Waals surface area contributed by atoms with Crippen molar-refractivity contribution in [2.45, 2.75) is 20.0 Å². The number of aromatic nitrogens is 1. The molecular weight excluding hydrogens is 468 g/mol. The Morgan fingerprint density at radius 2 is 1.66 bits per heavy atom. The molecule has 9 nitrogen and oxygen atoms in total. The number of hydrogen-bond acceptors (Lipinski definition) is 7. The van der Waals surface area contributed by atoms with Crippen LogP contribution in [0.25, 0.3) is 0 Å². The first-order chi connectivity index (χ1) is 16.6. The molecule has 3 aromatic rings. The molecule has 0 saturated heterocycles. The van der Waals surface area contributed by atoms with E-state index in [0.717, 1.165) is 0 Å². The second-order valence-corrected chi connectivity index (χ2v) is 9.12. The van der Waals surface area contributed by atoms with Crippen molar-refractivity contribution in [3.8, 4) is 17.2 Å². The lowest BCUT2D eigenvalue weighted by atomic mass is 10.1.